The maximum absolute atomic E-state index is 5.57. The number of hydrogen-bond donors (Lipinski definition) is 1. The van der Waals surface area contributed by atoms with Gasteiger partial charge in [-0.1, -0.05) is 12.1 Å². The first-order chi connectivity index (χ1) is 8.70. The second kappa shape index (κ2) is 6.21. The molecule has 0 spiro atoms. The van der Waals surface area contributed by atoms with E-state index in [-0.39, 0.29) is 0 Å². The van der Waals surface area contributed by atoms with Gasteiger partial charge in [-0.05, 0) is 57.6 Å². The molecule has 1 aromatic carbocycles. The van der Waals surface area contributed by atoms with Crippen molar-refractivity contribution in [3.8, 4) is 0 Å². The van der Waals surface area contributed by atoms with E-state index >= 15 is 0 Å². The van der Waals surface area contributed by atoms with Gasteiger partial charge in [-0.3, -0.25) is 0 Å². The molecule has 1 aromatic rings. The van der Waals surface area contributed by atoms with Gasteiger partial charge in [-0.25, -0.2) is 0 Å². The lowest BCUT2D eigenvalue weighted by Crippen LogP contribution is -2.41. The fourth-order valence-electron chi connectivity index (χ4n) is 2.68. The molecule has 0 radical (unpaired) electrons. The molecule has 0 atom stereocenters. The highest BCUT2D eigenvalue weighted by Crippen LogP contribution is 2.22. The van der Waals surface area contributed by atoms with Crippen molar-refractivity contribution >= 4 is 5.69 Å². The standard InChI is InChI=1S/C15H25N3/c1-17(2)14-8-11-18(12-9-14)15-5-3-13(4-6-15)7-10-16/h3-6,14H,7-12,16H2,1-2H3. The summed E-state index contributed by atoms with van der Waals surface area (Å²) in [7, 11) is 4.36. The Balaban J connectivity index is 1.93. The van der Waals surface area contributed by atoms with Gasteiger partial charge in [0.15, 0.2) is 0 Å². The number of rotatable bonds is 4. The van der Waals surface area contributed by atoms with Crippen molar-refractivity contribution in [2.24, 2.45) is 5.73 Å². The van der Waals surface area contributed by atoms with Gasteiger partial charge in [0.05, 0.1) is 0 Å². The SMILES string of the molecule is CN(C)C1CCN(c2ccc(CCN)cc2)CC1. The van der Waals surface area contributed by atoms with Gasteiger partial charge in [0, 0.05) is 24.8 Å². The normalized spacial score (nSPS) is 17.4. The Kier molecular flexibility index (Phi) is 4.61. The molecule has 0 bridgehead atoms. The molecule has 2 N–H and O–H groups in total. The maximum atomic E-state index is 5.57. The van der Waals surface area contributed by atoms with Gasteiger partial charge >= 0.3 is 0 Å². The van der Waals surface area contributed by atoms with Gasteiger partial charge in [-0.2, -0.15) is 0 Å². The molecule has 0 saturated carbocycles. The zero-order valence-corrected chi connectivity index (χ0v) is 11.6. The van der Waals surface area contributed by atoms with E-state index in [2.05, 4.69) is 48.2 Å². The van der Waals surface area contributed by atoms with Gasteiger partial charge in [0.1, 0.15) is 0 Å². The number of benzene rings is 1. The van der Waals surface area contributed by atoms with Crippen molar-refractivity contribution in [2.75, 3.05) is 38.6 Å². The van der Waals surface area contributed by atoms with E-state index < -0.39 is 0 Å². The van der Waals surface area contributed by atoms with E-state index in [1.807, 2.05) is 0 Å². The molecule has 0 aliphatic carbocycles. The summed E-state index contributed by atoms with van der Waals surface area (Å²) in [6.45, 7) is 3.06. The fraction of sp³-hybridized carbons (Fsp3) is 0.600. The number of hydrogen-bond acceptors (Lipinski definition) is 3. The second-order valence-electron chi connectivity index (χ2n) is 5.39. The molecule has 0 aromatic heterocycles. The van der Waals surface area contributed by atoms with E-state index in [9.17, 15) is 0 Å². The molecular weight excluding hydrogens is 222 g/mol. The Morgan fingerprint density at radius 3 is 2.28 bits per heavy atom. The van der Waals surface area contributed by atoms with Gasteiger partial charge < -0.3 is 15.5 Å². The number of nitrogens with two attached hydrogens (primary N) is 1. The van der Waals surface area contributed by atoms with Crippen LogP contribution in [-0.2, 0) is 6.42 Å². The first-order valence-corrected chi connectivity index (χ1v) is 6.91. The van der Waals surface area contributed by atoms with Crippen molar-refractivity contribution < 1.29 is 0 Å². The van der Waals surface area contributed by atoms with Crippen molar-refractivity contribution in [3.63, 3.8) is 0 Å². The van der Waals surface area contributed by atoms with Crippen LogP contribution < -0.4 is 10.6 Å². The first kappa shape index (κ1) is 13.4. The molecule has 0 unspecified atom stereocenters. The highest BCUT2D eigenvalue weighted by molar-refractivity contribution is 5.48. The quantitative estimate of drug-likeness (QED) is 0.879. The molecule has 2 rings (SSSR count). The molecule has 1 heterocycles. The summed E-state index contributed by atoms with van der Waals surface area (Å²) in [4.78, 5) is 4.84. The topological polar surface area (TPSA) is 32.5 Å². The average molecular weight is 247 g/mol. The van der Waals surface area contributed by atoms with Crippen molar-refractivity contribution in [1.82, 2.24) is 4.90 Å². The minimum Gasteiger partial charge on any atom is -0.371 e. The van der Waals surface area contributed by atoms with Crippen LogP contribution in [0.2, 0.25) is 0 Å². The maximum Gasteiger partial charge on any atom is 0.0366 e. The molecule has 1 fully saturated rings. The van der Waals surface area contributed by atoms with Gasteiger partial charge in [-0.15, -0.1) is 0 Å². The molecule has 0 amide bonds. The summed E-state index contributed by atoms with van der Waals surface area (Å²) in [6.07, 6.45) is 3.50. The van der Waals surface area contributed by atoms with E-state index in [0.29, 0.717) is 0 Å². The van der Waals surface area contributed by atoms with Crippen LogP contribution >= 0.6 is 0 Å². The van der Waals surface area contributed by atoms with Crippen LogP contribution in [0.1, 0.15) is 18.4 Å². The van der Waals surface area contributed by atoms with E-state index in [1.54, 1.807) is 0 Å². The van der Waals surface area contributed by atoms with Crippen molar-refractivity contribution in [2.45, 2.75) is 25.3 Å². The van der Waals surface area contributed by atoms with Crippen LogP contribution in [0.4, 0.5) is 5.69 Å². The molecule has 3 heteroatoms. The lowest BCUT2D eigenvalue weighted by Gasteiger charge is -2.36. The number of anilines is 1. The largest absolute Gasteiger partial charge is 0.371 e. The van der Waals surface area contributed by atoms with Gasteiger partial charge in [0.25, 0.3) is 0 Å². The van der Waals surface area contributed by atoms with E-state index in [1.165, 1.54) is 37.2 Å². The van der Waals surface area contributed by atoms with Gasteiger partial charge in [0.2, 0.25) is 0 Å². The van der Waals surface area contributed by atoms with Crippen LogP contribution in [0.15, 0.2) is 24.3 Å². The van der Waals surface area contributed by atoms with Crippen LogP contribution in [0.5, 0.6) is 0 Å². The van der Waals surface area contributed by atoms with Crippen LogP contribution in [0, 0.1) is 0 Å². The average Bonchev–Trinajstić information content (AvgIpc) is 2.40. The summed E-state index contributed by atoms with van der Waals surface area (Å²) in [5.74, 6) is 0. The monoisotopic (exact) mass is 247 g/mol. The third-order valence-electron chi connectivity index (χ3n) is 3.93. The lowest BCUT2D eigenvalue weighted by atomic mass is 10.0. The predicted molar refractivity (Wildman–Crippen MR) is 78.1 cm³/mol. The van der Waals surface area contributed by atoms with Crippen LogP contribution in [0.3, 0.4) is 0 Å². The Morgan fingerprint density at radius 1 is 1.17 bits per heavy atom. The molecule has 18 heavy (non-hydrogen) atoms. The second-order valence-corrected chi connectivity index (χ2v) is 5.39. The minimum absolute atomic E-state index is 0.730. The Bertz CT molecular complexity index is 351. The summed E-state index contributed by atoms with van der Waals surface area (Å²) in [6, 6.07) is 9.64. The van der Waals surface area contributed by atoms with Crippen molar-refractivity contribution in [1.29, 1.82) is 0 Å². The highest BCUT2D eigenvalue weighted by atomic mass is 15.2. The van der Waals surface area contributed by atoms with Crippen LogP contribution in [-0.4, -0.2) is 44.7 Å². The molecule has 1 saturated heterocycles. The first-order valence-electron chi connectivity index (χ1n) is 6.91. The van der Waals surface area contributed by atoms with Crippen LogP contribution in [0.25, 0.3) is 0 Å². The number of piperidine rings is 1. The van der Waals surface area contributed by atoms with E-state index in [4.69, 9.17) is 5.73 Å². The Morgan fingerprint density at radius 2 is 1.78 bits per heavy atom. The Hall–Kier alpha value is -1.06. The predicted octanol–water partition coefficient (Wildman–Crippen LogP) is 1.72. The molecular formula is C15H25N3. The summed E-state index contributed by atoms with van der Waals surface area (Å²) in [5, 5.41) is 0. The molecule has 3 nitrogen and oxygen atoms in total. The number of nitrogens with zero attached hydrogens (tertiary/aromatic N) is 2. The highest BCUT2D eigenvalue weighted by Gasteiger charge is 2.20. The summed E-state index contributed by atoms with van der Waals surface area (Å²) < 4.78 is 0. The third kappa shape index (κ3) is 3.24. The van der Waals surface area contributed by atoms with E-state index in [0.717, 1.165) is 19.0 Å². The molecule has 1 aliphatic rings. The molecule has 1 aliphatic heterocycles. The third-order valence-corrected chi connectivity index (χ3v) is 3.93. The minimum atomic E-state index is 0.730. The zero-order valence-electron chi connectivity index (χ0n) is 11.6. The Labute approximate surface area is 111 Å². The molecule has 100 valence electrons. The summed E-state index contributed by atoms with van der Waals surface area (Å²) >= 11 is 0. The summed E-state index contributed by atoms with van der Waals surface area (Å²) in [5.41, 5.74) is 8.26. The lowest BCUT2D eigenvalue weighted by molar-refractivity contribution is 0.249. The van der Waals surface area contributed by atoms with Crippen molar-refractivity contribution in [3.05, 3.63) is 29.8 Å². The zero-order chi connectivity index (χ0) is 13.0. The smallest absolute Gasteiger partial charge is 0.0366 e. The fourth-order valence-corrected chi connectivity index (χ4v) is 2.68.